The number of hydrogen-bond acceptors (Lipinski definition) is 6. The van der Waals surface area contributed by atoms with E-state index in [4.69, 9.17) is 4.74 Å². The van der Waals surface area contributed by atoms with Crippen molar-refractivity contribution in [3.63, 3.8) is 0 Å². The molecule has 0 amide bonds. The molecule has 0 saturated heterocycles. The van der Waals surface area contributed by atoms with Gasteiger partial charge in [0.05, 0.1) is 13.2 Å². The van der Waals surface area contributed by atoms with Crippen LogP contribution in [0.1, 0.15) is 32.8 Å². The topological polar surface area (TPSA) is 73.3 Å². The van der Waals surface area contributed by atoms with Gasteiger partial charge in [-0.3, -0.25) is 4.90 Å². The molecule has 1 heterocycles. The van der Waals surface area contributed by atoms with Crippen molar-refractivity contribution < 1.29 is 18.3 Å². The largest absolute Gasteiger partial charge is 0.487 e. The maximum Gasteiger partial charge on any atom is 0.247 e. The van der Waals surface area contributed by atoms with Crippen molar-refractivity contribution in [2.45, 2.75) is 44.2 Å². The lowest BCUT2D eigenvalue weighted by Crippen LogP contribution is -2.49. The number of fused-ring (bicyclic) bond motifs is 1. The number of nitrogens with zero attached hydrogens (tertiary/aromatic N) is 3. The number of aliphatic hydroxyl groups excluding tert-OH is 1. The van der Waals surface area contributed by atoms with Crippen molar-refractivity contribution in [1.29, 1.82) is 0 Å². The van der Waals surface area contributed by atoms with Gasteiger partial charge in [-0.2, -0.15) is 4.31 Å². The molecular weight excluding hydrogens is 414 g/mol. The Bertz CT molecular complexity index is 892. The van der Waals surface area contributed by atoms with Gasteiger partial charge >= 0.3 is 0 Å². The predicted molar refractivity (Wildman–Crippen MR) is 124 cm³/mol. The molecule has 31 heavy (non-hydrogen) atoms. The third kappa shape index (κ3) is 6.67. The minimum atomic E-state index is -3.82. The van der Waals surface area contributed by atoms with E-state index in [2.05, 4.69) is 23.7 Å². The van der Waals surface area contributed by atoms with Crippen molar-refractivity contribution in [3.05, 3.63) is 23.8 Å². The number of ether oxygens (including phenoxy) is 1. The Morgan fingerprint density at radius 1 is 1.32 bits per heavy atom. The van der Waals surface area contributed by atoms with Crippen LogP contribution in [-0.2, 0) is 10.0 Å². The molecule has 1 N–H and O–H groups in total. The predicted octanol–water partition coefficient (Wildman–Crippen LogP) is 1.71. The maximum atomic E-state index is 13.5. The average molecular weight is 452 g/mol. The summed E-state index contributed by atoms with van der Waals surface area (Å²) in [5.74, 6) is 6.44. The molecule has 7 nitrogen and oxygen atoms in total. The fourth-order valence-electron chi connectivity index (χ4n) is 3.60. The molecular formula is C23H37N3O4S. The molecule has 1 aromatic rings. The van der Waals surface area contributed by atoms with E-state index in [9.17, 15) is 13.5 Å². The Balaban J connectivity index is 2.52. The van der Waals surface area contributed by atoms with E-state index in [-0.39, 0.29) is 23.5 Å². The Kier molecular flexibility index (Phi) is 9.34. The molecule has 0 spiro atoms. The molecule has 1 aliphatic heterocycles. The molecule has 2 rings (SSSR count). The summed E-state index contributed by atoms with van der Waals surface area (Å²) in [4.78, 5) is 4.30. The molecule has 1 aromatic carbocycles. The first-order valence-corrected chi connectivity index (χ1v) is 12.3. The van der Waals surface area contributed by atoms with Gasteiger partial charge in [-0.1, -0.05) is 25.7 Å². The summed E-state index contributed by atoms with van der Waals surface area (Å²) >= 11 is 0. The minimum absolute atomic E-state index is 0.0558. The second kappa shape index (κ2) is 11.3. The van der Waals surface area contributed by atoms with Gasteiger partial charge in [-0.05, 0) is 59.2 Å². The number of benzene rings is 1. The van der Waals surface area contributed by atoms with Crippen LogP contribution in [0, 0.1) is 17.8 Å². The normalized spacial score (nSPS) is 22.1. The van der Waals surface area contributed by atoms with Gasteiger partial charge in [0.1, 0.15) is 16.7 Å². The minimum Gasteiger partial charge on any atom is -0.487 e. The van der Waals surface area contributed by atoms with Crippen LogP contribution in [-0.4, -0.2) is 93.7 Å². The molecule has 8 heteroatoms. The second-order valence-electron chi connectivity index (χ2n) is 8.70. The molecule has 0 radical (unpaired) electrons. The van der Waals surface area contributed by atoms with Crippen LogP contribution in [0.4, 0.5) is 0 Å². The van der Waals surface area contributed by atoms with Gasteiger partial charge in [-0.15, -0.1) is 0 Å². The van der Waals surface area contributed by atoms with Crippen LogP contribution in [0.2, 0.25) is 0 Å². The van der Waals surface area contributed by atoms with Crippen LogP contribution < -0.4 is 4.74 Å². The molecule has 0 aliphatic carbocycles. The summed E-state index contributed by atoms with van der Waals surface area (Å²) < 4.78 is 34.7. The van der Waals surface area contributed by atoms with Crippen molar-refractivity contribution >= 4 is 10.0 Å². The van der Waals surface area contributed by atoms with Gasteiger partial charge in [0.15, 0.2) is 0 Å². The van der Waals surface area contributed by atoms with Gasteiger partial charge in [0.2, 0.25) is 10.0 Å². The first-order chi connectivity index (χ1) is 14.6. The zero-order chi connectivity index (χ0) is 23.2. The van der Waals surface area contributed by atoms with Gasteiger partial charge in [0.25, 0.3) is 0 Å². The zero-order valence-electron chi connectivity index (χ0n) is 19.6. The molecule has 1 aliphatic rings. The van der Waals surface area contributed by atoms with E-state index >= 15 is 0 Å². The van der Waals surface area contributed by atoms with Crippen molar-refractivity contribution in [3.8, 4) is 17.6 Å². The monoisotopic (exact) mass is 451 g/mol. The van der Waals surface area contributed by atoms with E-state index in [1.807, 2.05) is 33.0 Å². The van der Waals surface area contributed by atoms with Crippen molar-refractivity contribution in [1.82, 2.24) is 14.1 Å². The highest BCUT2D eigenvalue weighted by atomic mass is 32.2. The highest BCUT2D eigenvalue weighted by Crippen LogP contribution is 2.34. The molecule has 3 atom stereocenters. The highest BCUT2D eigenvalue weighted by Gasteiger charge is 2.38. The van der Waals surface area contributed by atoms with E-state index in [0.717, 1.165) is 13.0 Å². The summed E-state index contributed by atoms with van der Waals surface area (Å²) in [6, 6.07) is 4.49. The summed E-state index contributed by atoms with van der Waals surface area (Å²) in [5.41, 5.74) is 0.714. The lowest BCUT2D eigenvalue weighted by atomic mass is 10.0. The highest BCUT2D eigenvalue weighted by molar-refractivity contribution is 7.89. The van der Waals surface area contributed by atoms with Gasteiger partial charge < -0.3 is 14.7 Å². The second-order valence-corrected chi connectivity index (χ2v) is 10.6. The Morgan fingerprint density at radius 2 is 2.03 bits per heavy atom. The summed E-state index contributed by atoms with van der Waals surface area (Å²) in [6.07, 6.45) is 0.839. The first-order valence-electron chi connectivity index (χ1n) is 10.9. The zero-order valence-corrected chi connectivity index (χ0v) is 20.4. The number of hydrogen-bond donors (Lipinski definition) is 1. The molecule has 174 valence electrons. The lowest BCUT2D eigenvalue weighted by Gasteiger charge is -2.37. The summed E-state index contributed by atoms with van der Waals surface area (Å²) in [5, 5.41) is 9.72. The van der Waals surface area contributed by atoms with Crippen LogP contribution >= 0.6 is 0 Å². The fraction of sp³-hybridized carbons (Fsp3) is 0.652. The van der Waals surface area contributed by atoms with Crippen LogP contribution in [0.3, 0.4) is 0 Å². The van der Waals surface area contributed by atoms with Gasteiger partial charge in [-0.25, -0.2) is 8.42 Å². The van der Waals surface area contributed by atoms with Crippen LogP contribution in [0.25, 0.3) is 0 Å². The maximum absolute atomic E-state index is 13.5. The number of likely N-dealkylation sites (N-methyl/N-ethyl adjacent to an activating group) is 1. The van der Waals surface area contributed by atoms with E-state index in [0.29, 0.717) is 30.9 Å². The summed E-state index contributed by atoms with van der Waals surface area (Å²) in [6.45, 7) is 8.14. The third-order valence-electron chi connectivity index (χ3n) is 5.39. The Hall–Kier alpha value is -1.63. The number of sulfonamides is 1. The van der Waals surface area contributed by atoms with Gasteiger partial charge in [0, 0.05) is 30.6 Å². The molecule has 0 fully saturated rings. The third-order valence-corrected chi connectivity index (χ3v) is 7.41. The molecule has 0 bridgehead atoms. The molecule has 0 unspecified atom stereocenters. The van der Waals surface area contributed by atoms with E-state index in [1.54, 1.807) is 25.1 Å². The fourth-order valence-corrected chi connectivity index (χ4v) is 5.43. The van der Waals surface area contributed by atoms with Crippen LogP contribution in [0.5, 0.6) is 5.75 Å². The Morgan fingerprint density at radius 3 is 2.65 bits per heavy atom. The van der Waals surface area contributed by atoms with Crippen molar-refractivity contribution in [2.75, 3.05) is 53.9 Å². The smallest absolute Gasteiger partial charge is 0.247 e. The SMILES string of the molecule is CCCN(C)C[C@@H]1Oc2cc(C#CCN(C)C)ccc2S(=O)(=O)N([C@@H](C)CO)C[C@@H]1C. The quantitative estimate of drug-likeness (QED) is 0.637. The molecule has 0 saturated carbocycles. The van der Waals surface area contributed by atoms with Crippen molar-refractivity contribution in [2.24, 2.45) is 5.92 Å². The standard InChI is InChI=1S/C23H37N3O4S/c1-7-12-25(6)16-22-18(2)15-26(19(3)17-27)31(28,29)23-11-10-20(14-21(23)30-22)9-8-13-24(4)5/h10-11,14,18-19,22,27H,7,12-13,15-17H2,1-6H3/t18-,19-,22-/m0/s1. The number of rotatable bonds is 7. The lowest BCUT2D eigenvalue weighted by molar-refractivity contribution is 0.0752. The Labute approximate surface area is 188 Å². The first kappa shape index (κ1) is 25.6. The van der Waals surface area contributed by atoms with E-state index < -0.39 is 16.1 Å². The molecule has 0 aromatic heterocycles. The number of aliphatic hydroxyl groups is 1. The van der Waals surface area contributed by atoms with E-state index in [1.165, 1.54) is 4.31 Å². The summed E-state index contributed by atoms with van der Waals surface area (Å²) in [7, 11) is 2.12. The average Bonchev–Trinajstić information content (AvgIpc) is 2.70. The van der Waals surface area contributed by atoms with Crippen LogP contribution in [0.15, 0.2) is 23.1 Å².